The zero-order chi connectivity index (χ0) is 17.7. The summed E-state index contributed by atoms with van der Waals surface area (Å²) in [5.41, 5.74) is 1.34. The van der Waals surface area contributed by atoms with Crippen molar-refractivity contribution in [3.05, 3.63) is 23.8 Å². The zero-order valence-electron chi connectivity index (χ0n) is 15.6. The summed E-state index contributed by atoms with van der Waals surface area (Å²) < 4.78 is 6.21. The fourth-order valence-corrected chi connectivity index (χ4v) is 8.46. The molecule has 0 aromatic rings. The van der Waals surface area contributed by atoms with Crippen molar-refractivity contribution in [1.29, 1.82) is 0 Å². The topological polar surface area (TPSA) is 43.4 Å². The van der Waals surface area contributed by atoms with Gasteiger partial charge in [0.05, 0.1) is 0 Å². The molecular formula is C23H28O3. The van der Waals surface area contributed by atoms with Gasteiger partial charge in [0, 0.05) is 24.2 Å². The van der Waals surface area contributed by atoms with Crippen molar-refractivity contribution >= 4 is 11.8 Å². The van der Waals surface area contributed by atoms with Gasteiger partial charge in [-0.25, -0.2) is 0 Å². The maximum absolute atomic E-state index is 12.1. The Morgan fingerprint density at radius 2 is 2.04 bits per heavy atom. The Balaban J connectivity index is 1.43. The van der Waals surface area contributed by atoms with Crippen LogP contribution in [0.3, 0.4) is 0 Å². The number of fused-ring (bicyclic) bond motifs is 9. The highest BCUT2D eigenvalue weighted by Crippen LogP contribution is 2.79. The summed E-state index contributed by atoms with van der Waals surface area (Å²) in [5, 5.41) is 0. The zero-order valence-corrected chi connectivity index (χ0v) is 15.6. The molecule has 4 fully saturated rings. The predicted molar refractivity (Wildman–Crippen MR) is 97.0 cm³/mol. The third-order valence-electron chi connectivity index (χ3n) is 9.33. The highest BCUT2D eigenvalue weighted by atomic mass is 16.6. The average molecular weight is 352 g/mol. The van der Waals surface area contributed by atoms with Crippen LogP contribution in [0.15, 0.2) is 23.8 Å². The molecular weight excluding hydrogens is 324 g/mol. The van der Waals surface area contributed by atoms with Gasteiger partial charge in [0.2, 0.25) is 0 Å². The first-order chi connectivity index (χ1) is 12.6. The van der Waals surface area contributed by atoms with Gasteiger partial charge in [-0.1, -0.05) is 19.1 Å². The van der Waals surface area contributed by atoms with E-state index in [4.69, 9.17) is 4.74 Å². The van der Waals surface area contributed by atoms with Crippen LogP contribution in [0.5, 0.6) is 0 Å². The molecule has 1 heterocycles. The van der Waals surface area contributed by atoms with E-state index >= 15 is 0 Å². The smallest absolute Gasteiger partial charge is 0.306 e. The Kier molecular flexibility index (Phi) is 2.96. The molecule has 0 aromatic heterocycles. The van der Waals surface area contributed by atoms with Gasteiger partial charge in [0.15, 0.2) is 5.78 Å². The number of hydrogen-bond donors (Lipinski definition) is 0. The highest BCUT2D eigenvalue weighted by molar-refractivity contribution is 5.92. The molecule has 3 unspecified atom stereocenters. The standard InChI is InChI=1S/C23H28O3/c1-2-22-9-7-16-15-6-4-14(24)11-13(15)3-5-17(16)21(22)18-12-19(18)23(22)10-8-20(25)26-23/h3,5,11,15-19,21H,2,4,6-10,12H2,1H3/t15-,16?,17?,18-,19+,21?,22-,23-/m0/s1. The Morgan fingerprint density at radius 1 is 1.15 bits per heavy atom. The van der Waals surface area contributed by atoms with Crippen molar-refractivity contribution in [1.82, 2.24) is 0 Å². The van der Waals surface area contributed by atoms with Crippen molar-refractivity contribution in [2.75, 3.05) is 0 Å². The van der Waals surface area contributed by atoms with E-state index in [1.54, 1.807) is 0 Å². The van der Waals surface area contributed by atoms with Crippen LogP contribution in [-0.4, -0.2) is 17.4 Å². The van der Waals surface area contributed by atoms with Crippen LogP contribution in [-0.2, 0) is 14.3 Å². The van der Waals surface area contributed by atoms with Gasteiger partial charge in [0.1, 0.15) is 5.60 Å². The molecule has 0 amide bonds. The van der Waals surface area contributed by atoms with Gasteiger partial charge in [-0.15, -0.1) is 0 Å². The largest absolute Gasteiger partial charge is 0.458 e. The van der Waals surface area contributed by atoms with E-state index in [1.165, 1.54) is 24.8 Å². The van der Waals surface area contributed by atoms with Gasteiger partial charge >= 0.3 is 5.97 Å². The lowest BCUT2D eigenvalue weighted by Gasteiger charge is -2.57. The maximum atomic E-state index is 12.1. The van der Waals surface area contributed by atoms with Crippen LogP contribution in [0.25, 0.3) is 0 Å². The third-order valence-corrected chi connectivity index (χ3v) is 9.33. The van der Waals surface area contributed by atoms with E-state index in [0.29, 0.717) is 41.8 Å². The lowest BCUT2D eigenvalue weighted by molar-refractivity contribution is -0.175. The van der Waals surface area contributed by atoms with E-state index in [-0.39, 0.29) is 17.0 Å². The van der Waals surface area contributed by atoms with E-state index in [2.05, 4.69) is 19.1 Å². The predicted octanol–water partition coefficient (Wildman–Crippen LogP) is 4.23. The van der Waals surface area contributed by atoms with E-state index < -0.39 is 0 Å². The monoisotopic (exact) mass is 352 g/mol. The number of rotatable bonds is 1. The molecule has 138 valence electrons. The Hall–Kier alpha value is -1.38. The number of ether oxygens (including phenoxy) is 1. The molecule has 1 spiro atoms. The molecule has 0 radical (unpaired) electrons. The van der Waals surface area contributed by atoms with Crippen LogP contribution in [0.4, 0.5) is 0 Å². The summed E-state index contributed by atoms with van der Waals surface area (Å²) in [6.45, 7) is 2.34. The molecule has 0 aromatic carbocycles. The Labute approximate surface area is 155 Å². The Morgan fingerprint density at radius 3 is 2.81 bits per heavy atom. The average Bonchev–Trinajstić information content (AvgIpc) is 3.29. The first kappa shape index (κ1) is 15.7. The lowest BCUT2D eigenvalue weighted by atomic mass is 9.49. The first-order valence-corrected chi connectivity index (χ1v) is 10.7. The molecule has 8 atom stereocenters. The molecule has 3 heteroatoms. The van der Waals surface area contributed by atoms with Crippen molar-refractivity contribution in [2.45, 2.75) is 63.9 Å². The minimum atomic E-state index is -0.147. The van der Waals surface area contributed by atoms with Crippen molar-refractivity contribution in [2.24, 2.45) is 40.9 Å². The van der Waals surface area contributed by atoms with Gasteiger partial charge in [-0.3, -0.25) is 9.59 Å². The molecule has 3 nitrogen and oxygen atoms in total. The van der Waals surface area contributed by atoms with Crippen LogP contribution in [0, 0.1) is 40.9 Å². The second-order valence-corrected chi connectivity index (χ2v) is 9.80. The van der Waals surface area contributed by atoms with Crippen LogP contribution in [0.2, 0.25) is 0 Å². The van der Waals surface area contributed by atoms with Gasteiger partial charge < -0.3 is 4.74 Å². The number of hydrogen-bond acceptors (Lipinski definition) is 3. The summed E-state index contributed by atoms with van der Waals surface area (Å²) in [6, 6.07) is 0. The molecule has 1 aliphatic heterocycles. The Bertz CT molecular complexity index is 763. The summed E-state index contributed by atoms with van der Waals surface area (Å²) in [5.74, 6) is 4.30. The summed E-state index contributed by atoms with van der Waals surface area (Å²) in [7, 11) is 0. The second-order valence-electron chi connectivity index (χ2n) is 9.80. The second kappa shape index (κ2) is 4.91. The number of allylic oxidation sites excluding steroid dienone is 4. The molecule has 0 bridgehead atoms. The molecule has 3 saturated carbocycles. The molecule has 6 rings (SSSR count). The number of carbonyl (C=O) groups is 2. The lowest BCUT2D eigenvalue weighted by Crippen LogP contribution is -2.55. The van der Waals surface area contributed by atoms with E-state index in [1.807, 2.05) is 6.08 Å². The maximum Gasteiger partial charge on any atom is 0.306 e. The normalized spacial score (nSPS) is 53.5. The van der Waals surface area contributed by atoms with Crippen molar-refractivity contribution in [3.8, 4) is 0 Å². The van der Waals surface area contributed by atoms with Crippen LogP contribution >= 0.6 is 0 Å². The molecule has 26 heavy (non-hydrogen) atoms. The highest BCUT2D eigenvalue weighted by Gasteiger charge is 2.79. The quantitative estimate of drug-likeness (QED) is 0.664. The summed E-state index contributed by atoms with van der Waals surface area (Å²) in [4.78, 5) is 24.0. The molecule has 0 N–H and O–H groups in total. The van der Waals surface area contributed by atoms with Gasteiger partial charge in [-0.05, 0) is 79.8 Å². The molecule has 5 aliphatic carbocycles. The minimum absolute atomic E-state index is 0.0430. The number of ketones is 1. The van der Waals surface area contributed by atoms with E-state index in [0.717, 1.165) is 31.6 Å². The summed E-state index contributed by atoms with van der Waals surface area (Å²) in [6.07, 6.45) is 14.8. The fraction of sp³-hybridized carbons (Fsp3) is 0.739. The SMILES string of the molecule is CC[C@]12CCC3C(C=CC4=CC(=O)CC[C@@H]43)C1[C@H]1C[C@H]1[C@@]21CCC(=O)O1. The summed E-state index contributed by atoms with van der Waals surface area (Å²) >= 11 is 0. The molecule has 6 aliphatic rings. The number of carbonyl (C=O) groups excluding carboxylic acids is 2. The fourth-order valence-electron chi connectivity index (χ4n) is 8.46. The van der Waals surface area contributed by atoms with E-state index in [9.17, 15) is 9.59 Å². The number of esters is 1. The van der Waals surface area contributed by atoms with Crippen molar-refractivity contribution < 1.29 is 14.3 Å². The first-order valence-electron chi connectivity index (χ1n) is 10.7. The van der Waals surface area contributed by atoms with Gasteiger partial charge in [-0.2, -0.15) is 0 Å². The molecule has 1 saturated heterocycles. The van der Waals surface area contributed by atoms with Gasteiger partial charge in [0.25, 0.3) is 0 Å². The third kappa shape index (κ3) is 1.67. The van der Waals surface area contributed by atoms with Crippen LogP contribution < -0.4 is 0 Å². The van der Waals surface area contributed by atoms with Crippen molar-refractivity contribution in [3.63, 3.8) is 0 Å². The minimum Gasteiger partial charge on any atom is -0.458 e. The van der Waals surface area contributed by atoms with Crippen LogP contribution in [0.1, 0.15) is 58.3 Å².